The van der Waals surface area contributed by atoms with E-state index in [4.69, 9.17) is 15.1 Å². The van der Waals surface area contributed by atoms with Gasteiger partial charge in [-0.25, -0.2) is 211 Å². The molecular weight excluding hydrogens is 2090 g/mol. The zero-order valence-corrected chi connectivity index (χ0v) is 71.8. The number of nitrogens with zero attached hydrogens (tertiary/aromatic N) is 3. The van der Waals surface area contributed by atoms with Gasteiger partial charge in [0.2, 0.25) is 0 Å². The lowest BCUT2D eigenvalue weighted by molar-refractivity contribution is 0.142. The molecule has 3 N–H and O–H groups in total. The van der Waals surface area contributed by atoms with Crippen LogP contribution in [0.25, 0.3) is 0 Å². The molecule has 55 heteroatoms. The van der Waals surface area contributed by atoms with Gasteiger partial charge in [-0.15, -0.1) is 0 Å². The number of halogens is 48. The Bertz CT molecular complexity index is 5990. The van der Waals surface area contributed by atoms with Gasteiger partial charge in [0.05, 0.1) is 34.4 Å². The summed E-state index contributed by atoms with van der Waals surface area (Å²) >= 11 is 0. The summed E-state index contributed by atoms with van der Waals surface area (Å²) in [6, 6.07) is -17.1. The molecule has 780 valence electrons. The molecule has 0 saturated carbocycles. The van der Waals surface area contributed by atoms with Gasteiger partial charge in [0, 0.05) is 140 Å². The molecule has 145 heavy (non-hydrogen) atoms. The minimum atomic E-state index is -4.73. The molecule has 12 aromatic carbocycles. The van der Waals surface area contributed by atoms with Crippen LogP contribution < -0.4 is 0 Å². The van der Waals surface area contributed by atoms with Gasteiger partial charge in [0.15, 0.2) is 209 Å². The molecule has 3 atom stereocenters. The van der Waals surface area contributed by atoms with Crippen LogP contribution in [0.5, 0.6) is 0 Å². The number of benzene rings is 12. The number of rotatable bonds is 24. The Morgan fingerprint density at radius 2 is 0.248 bits per heavy atom. The zero-order valence-electron chi connectivity index (χ0n) is 71.8. The van der Waals surface area contributed by atoms with E-state index in [0.29, 0.717) is 14.7 Å². The highest BCUT2D eigenvalue weighted by molar-refractivity contribution is 6.30. The molecule has 0 fully saturated rings. The highest BCUT2D eigenvalue weighted by atomic mass is 19.2. The van der Waals surface area contributed by atoms with Crippen LogP contribution in [-0.4, -0.2) is 76.4 Å². The van der Waals surface area contributed by atoms with Crippen LogP contribution in [0.3, 0.4) is 0 Å². The van der Waals surface area contributed by atoms with Gasteiger partial charge in [-0.1, -0.05) is 41.5 Å². The summed E-state index contributed by atoms with van der Waals surface area (Å²) in [5.74, 6) is -128. The molecule has 0 bridgehead atoms. The number of hydrogen-bond acceptors (Lipinski definition) is 6. The first-order valence-electron chi connectivity index (χ1n) is 39.7. The maximum atomic E-state index is 15.9. The van der Waals surface area contributed by atoms with E-state index in [2.05, 4.69) is 0 Å². The Morgan fingerprint density at radius 3 is 0.345 bits per heavy atom. The summed E-state index contributed by atoms with van der Waals surface area (Å²) < 4.78 is 729. The summed E-state index contributed by atoms with van der Waals surface area (Å²) in [4.78, 5) is 1.12. The maximum Gasteiger partial charge on any atom is 0.631 e. The van der Waals surface area contributed by atoms with Crippen LogP contribution in [0, 0.1) is 279 Å². The smallest absolute Gasteiger partial charge is 0.402 e. The molecule has 0 aliphatic carbocycles. The van der Waals surface area contributed by atoms with Gasteiger partial charge in [-0.2, -0.15) is 0 Å². The minimum Gasteiger partial charge on any atom is -0.402 e. The predicted molar refractivity (Wildman–Crippen MR) is 404 cm³/mol. The van der Waals surface area contributed by atoms with E-state index < -0.39 is 500 Å². The van der Waals surface area contributed by atoms with Crippen molar-refractivity contribution in [2.24, 2.45) is 0 Å². The molecule has 0 aliphatic heterocycles. The van der Waals surface area contributed by atoms with Crippen molar-refractivity contribution in [2.45, 2.75) is 75.9 Å². The summed E-state index contributed by atoms with van der Waals surface area (Å²) in [7, 11) is -2.17. The van der Waals surface area contributed by atoms with Crippen LogP contribution in [-0.2, 0) is 16.2 Å². The van der Waals surface area contributed by atoms with Crippen molar-refractivity contribution in [1.29, 1.82) is 0 Å². The zero-order chi connectivity index (χ0) is 110. The summed E-state index contributed by atoms with van der Waals surface area (Å²) in [6.07, 6.45) is 0. The van der Waals surface area contributed by atoms with Gasteiger partial charge in [0.25, 0.3) is 0 Å². The second kappa shape index (κ2) is 44.2. The monoisotopic (exact) mass is 2140 g/mol. The van der Waals surface area contributed by atoms with Gasteiger partial charge < -0.3 is 15.1 Å². The molecule has 0 aliphatic rings. The van der Waals surface area contributed by atoms with Crippen molar-refractivity contribution in [3.05, 3.63) is 419 Å². The Kier molecular flexibility index (Phi) is 35.3. The molecule has 6 nitrogen and oxygen atoms in total. The molecule has 3 unspecified atom stereocenters. The number of hydrogen-bond donors (Lipinski definition) is 3. The molecule has 12 aromatic rings. The first kappa shape index (κ1) is 116. The Labute approximate surface area is 779 Å². The summed E-state index contributed by atoms with van der Waals surface area (Å²) in [5, 5.41) is 21.5. The third-order valence-electron chi connectivity index (χ3n) is 22.6. The topological polar surface area (TPSA) is 70.4 Å². The van der Waals surface area contributed by atoms with Crippen LogP contribution in [0.2, 0.25) is 0 Å². The Hall–Kier alpha value is -12.9. The van der Waals surface area contributed by atoms with Crippen LogP contribution >= 0.6 is 0 Å². The number of likely N-dealkylation sites (N-methyl/N-ethyl adjacent to an activating group) is 3. The molecular formula is C90H48BF48N3O3. The average Bonchev–Trinajstić information content (AvgIpc) is 0.693. The quantitative estimate of drug-likeness (QED) is 0.0184. The fraction of sp³-hybridized carbons (Fsp3) is 0.200. The van der Waals surface area contributed by atoms with Crippen molar-refractivity contribution in [2.75, 3.05) is 39.3 Å². The van der Waals surface area contributed by atoms with Crippen molar-refractivity contribution in [1.82, 2.24) is 14.7 Å². The van der Waals surface area contributed by atoms with E-state index in [1.54, 1.807) is 0 Å². The van der Waals surface area contributed by atoms with Crippen molar-refractivity contribution < 1.29 is 226 Å². The minimum absolute atomic E-state index is 0.374. The average molecular weight is 2140 g/mol. The highest BCUT2D eigenvalue weighted by Crippen LogP contribution is 2.63. The first-order chi connectivity index (χ1) is 67.4. The molecule has 0 radical (unpaired) electrons. The Morgan fingerprint density at radius 1 is 0.159 bits per heavy atom. The van der Waals surface area contributed by atoms with E-state index in [1.807, 2.05) is 0 Å². The first-order valence-corrected chi connectivity index (χ1v) is 39.7. The van der Waals surface area contributed by atoms with Crippen LogP contribution in [0.4, 0.5) is 211 Å². The van der Waals surface area contributed by atoms with Gasteiger partial charge >= 0.3 is 7.32 Å². The second-order valence-corrected chi connectivity index (χ2v) is 29.9. The van der Waals surface area contributed by atoms with Crippen molar-refractivity contribution in [3.8, 4) is 0 Å². The molecule has 0 saturated heterocycles. The summed E-state index contributed by atoms with van der Waals surface area (Å²) in [5.41, 5.74) is -43.5. The fourth-order valence-corrected chi connectivity index (χ4v) is 17.0. The van der Waals surface area contributed by atoms with E-state index in [9.17, 15) is 105 Å². The molecule has 0 amide bonds. The van der Waals surface area contributed by atoms with E-state index >= 15 is 105 Å². The van der Waals surface area contributed by atoms with Crippen LogP contribution in [0.15, 0.2) is 72.8 Å². The third kappa shape index (κ3) is 19.5. The van der Waals surface area contributed by atoms with Crippen LogP contribution in [0.1, 0.15) is 126 Å². The fourth-order valence-electron chi connectivity index (χ4n) is 17.0. The highest BCUT2D eigenvalue weighted by Gasteiger charge is 2.64. The largest absolute Gasteiger partial charge is 0.631 e. The normalized spacial score (nSPS) is 12.6. The van der Waals surface area contributed by atoms with Gasteiger partial charge in [-0.3, -0.25) is 14.7 Å². The van der Waals surface area contributed by atoms with Crippen molar-refractivity contribution in [3.63, 3.8) is 0 Å². The second-order valence-electron chi connectivity index (χ2n) is 29.9. The molecule has 0 heterocycles. The predicted octanol–water partition coefficient (Wildman–Crippen LogP) is 25.9. The third-order valence-corrected chi connectivity index (χ3v) is 22.6. The lowest BCUT2D eigenvalue weighted by atomic mass is 9.61. The van der Waals surface area contributed by atoms with E-state index in [1.165, 1.54) is 0 Å². The van der Waals surface area contributed by atoms with Gasteiger partial charge in [0.1, 0.15) is 69.8 Å². The van der Waals surface area contributed by atoms with E-state index in [-0.39, 0.29) is 0 Å². The molecule has 12 rings (SSSR count). The molecule has 0 spiro atoms. The van der Waals surface area contributed by atoms with Crippen molar-refractivity contribution >= 4 is 7.32 Å². The Balaban J connectivity index is 0.000000237. The lowest BCUT2D eigenvalue weighted by Gasteiger charge is -2.47. The van der Waals surface area contributed by atoms with E-state index in [0.717, 1.165) is 41.5 Å². The lowest BCUT2D eigenvalue weighted by Crippen LogP contribution is -2.50. The summed E-state index contributed by atoms with van der Waals surface area (Å²) in [6.45, 7) is 0.990. The maximum absolute atomic E-state index is 15.9. The van der Waals surface area contributed by atoms with Gasteiger partial charge in [-0.05, 0) is 39.3 Å². The molecule has 0 aromatic heterocycles. The SMILES string of the molecule is CCN(CC)C(c1c(F)cc(F)c(F)c1F)C(c1c(F)cc(F)c(F)c1F)(c1c(F)cc(F)c(F)c1F)c1c(F)cc(F)c(F)c1F.CCN(CC)C(c1c(F)cc(F)c(F)c1F)C(c1c(F)cc(F)c(F)c1F)(c1c(F)cc(F)c(F)c1F)c1c(F)cc(F)c(F)c1F.CCN(CC)C(c1c(F)cc(F)c(F)c1F)C(c1c(F)cc(F)c(F)c1F)(c1c(F)cc(F)c(F)c1F)c1c(F)cc(F)c(F)c1F.OB(O)O. The standard InChI is InChI=1S/3C30H15F16N.BH3O3/c3*1-3-47(4-2)29(17-9(31)5-13(35)21(39)25(17)43)30(18-10(32)6-14(36)22(40)26(18)44,19-11(33)7-15(37)23(41)27(19)45)20-12(34)8-16(38)24(42)28(20)46;2-1(3)4/h3*5-8,29H,3-4H2,1-2H3;2-4H.